The Bertz CT molecular complexity index is 577. The van der Waals surface area contributed by atoms with Gasteiger partial charge in [0.05, 0.1) is 12.1 Å². The smallest absolute Gasteiger partial charge is 0.337 e. The number of carboxylic acid groups (broad SMARTS) is 1. The molecule has 3 heterocycles. The molecule has 2 aromatic heterocycles. The summed E-state index contributed by atoms with van der Waals surface area (Å²) in [6, 6.07) is 3.28. The average molecular weight is 245 g/mol. The van der Waals surface area contributed by atoms with Crippen molar-refractivity contribution in [1.82, 2.24) is 19.7 Å². The van der Waals surface area contributed by atoms with Crippen molar-refractivity contribution in [2.75, 3.05) is 11.4 Å². The van der Waals surface area contributed by atoms with Gasteiger partial charge in [-0.2, -0.15) is 0 Å². The zero-order valence-electron chi connectivity index (χ0n) is 9.52. The molecule has 2 aromatic rings. The minimum absolute atomic E-state index is 0.193. The summed E-state index contributed by atoms with van der Waals surface area (Å²) in [6.45, 7) is 2.26. The molecule has 1 N–H and O–H groups in total. The summed E-state index contributed by atoms with van der Waals surface area (Å²) in [5.74, 6) is 0.687. The molecule has 0 saturated heterocycles. The summed E-state index contributed by atoms with van der Waals surface area (Å²) in [7, 11) is 0. The first kappa shape index (κ1) is 10.7. The third-order valence-electron chi connectivity index (χ3n) is 2.96. The average Bonchev–Trinajstić information content (AvgIpc) is 2.86. The number of aromatic nitrogens is 4. The van der Waals surface area contributed by atoms with Crippen LogP contribution in [0.4, 0.5) is 5.82 Å². The molecule has 7 heteroatoms. The lowest BCUT2D eigenvalue weighted by atomic mass is 10.2. The van der Waals surface area contributed by atoms with E-state index in [0.29, 0.717) is 6.54 Å². The van der Waals surface area contributed by atoms with Crippen LogP contribution < -0.4 is 4.90 Å². The second-order valence-electron chi connectivity index (χ2n) is 4.07. The highest BCUT2D eigenvalue weighted by Crippen LogP contribution is 2.17. The third kappa shape index (κ3) is 1.79. The van der Waals surface area contributed by atoms with Crippen LogP contribution in [0.2, 0.25) is 0 Å². The van der Waals surface area contributed by atoms with E-state index in [2.05, 4.69) is 20.1 Å². The van der Waals surface area contributed by atoms with Crippen LogP contribution in [0.25, 0.3) is 0 Å². The molecule has 92 valence electrons. The van der Waals surface area contributed by atoms with Gasteiger partial charge in [-0.15, -0.1) is 10.2 Å². The molecule has 0 unspecified atom stereocenters. The maximum atomic E-state index is 10.7. The number of fused-ring (bicyclic) bond motifs is 1. The Hall–Kier alpha value is -2.44. The highest BCUT2D eigenvalue weighted by molar-refractivity contribution is 5.87. The van der Waals surface area contributed by atoms with Gasteiger partial charge < -0.3 is 14.6 Å². The minimum atomic E-state index is -0.965. The number of hydrogen-bond acceptors (Lipinski definition) is 5. The number of anilines is 1. The Morgan fingerprint density at radius 2 is 2.22 bits per heavy atom. The largest absolute Gasteiger partial charge is 0.478 e. The van der Waals surface area contributed by atoms with Gasteiger partial charge in [0.2, 0.25) is 0 Å². The quantitative estimate of drug-likeness (QED) is 0.824. The fourth-order valence-corrected chi connectivity index (χ4v) is 1.96. The summed E-state index contributed by atoms with van der Waals surface area (Å²) in [5.41, 5.74) is 0.193. The first-order valence-corrected chi connectivity index (χ1v) is 5.55. The van der Waals surface area contributed by atoms with Gasteiger partial charge in [0, 0.05) is 19.3 Å². The molecule has 7 nitrogen and oxygen atoms in total. The fraction of sp³-hybridized carbons (Fsp3) is 0.273. The molecule has 0 fully saturated rings. The van der Waals surface area contributed by atoms with Crippen LogP contribution in [-0.2, 0) is 13.1 Å². The Morgan fingerprint density at radius 1 is 1.33 bits per heavy atom. The van der Waals surface area contributed by atoms with Crippen LogP contribution in [0.5, 0.6) is 0 Å². The third-order valence-corrected chi connectivity index (χ3v) is 2.96. The van der Waals surface area contributed by atoms with Crippen molar-refractivity contribution in [3.05, 3.63) is 36.0 Å². The van der Waals surface area contributed by atoms with E-state index < -0.39 is 5.97 Å². The number of carboxylic acids is 1. The lowest BCUT2D eigenvalue weighted by molar-refractivity contribution is 0.0696. The molecular weight excluding hydrogens is 234 g/mol. The van der Waals surface area contributed by atoms with Crippen molar-refractivity contribution < 1.29 is 9.90 Å². The molecule has 0 amide bonds. The molecule has 0 saturated carbocycles. The number of nitrogens with zero attached hydrogens (tertiary/aromatic N) is 5. The van der Waals surface area contributed by atoms with Gasteiger partial charge in [-0.25, -0.2) is 9.78 Å². The molecule has 0 bridgehead atoms. The molecule has 0 aliphatic carbocycles. The van der Waals surface area contributed by atoms with Crippen molar-refractivity contribution in [1.29, 1.82) is 0 Å². The monoisotopic (exact) mass is 245 g/mol. The van der Waals surface area contributed by atoms with Crippen LogP contribution in [-0.4, -0.2) is 37.4 Å². The van der Waals surface area contributed by atoms with Crippen LogP contribution in [0, 0.1) is 0 Å². The van der Waals surface area contributed by atoms with Crippen molar-refractivity contribution in [3.63, 3.8) is 0 Å². The van der Waals surface area contributed by atoms with Gasteiger partial charge in [-0.1, -0.05) is 0 Å². The standard InChI is InChI=1S/C11H11N5O2/c17-11(18)8-1-2-9(12-5-8)15-3-4-16-7-13-14-10(16)6-15/h1-2,5,7H,3-4,6H2,(H,17,18). The van der Waals surface area contributed by atoms with E-state index in [9.17, 15) is 4.79 Å². The fourth-order valence-electron chi connectivity index (χ4n) is 1.96. The summed E-state index contributed by atoms with van der Waals surface area (Å²) in [4.78, 5) is 17.0. The Labute approximate surface area is 103 Å². The second-order valence-corrected chi connectivity index (χ2v) is 4.07. The highest BCUT2D eigenvalue weighted by atomic mass is 16.4. The molecule has 1 aliphatic rings. The van der Waals surface area contributed by atoms with Gasteiger partial charge in [-0.05, 0) is 12.1 Å². The second kappa shape index (κ2) is 4.10. The molecule has 0 atom stereocenters. The molecule has 18 heavy (non-hydrogen) atoms. The van der Waals surface area contributed by atoms with E-state index in [-0.39, 0.29) is 5.56 Å². The first-order valence-electron chi connectivity index (χ1n) is 5.55. The maximum absolute atomic E-state index is 10.7. The topological polar surface area (TPSA) is 84.1 Å². The van der Waals surface area contributed by atoms with E-state index in [1.54, 1.807) is 18.5 Å². The normalized spacial score (nSPS) is 14.3. The molecule has 0 spiro atoms. The van der Waals surface area contributed by atoms with Crippen molar-refractivity contribution in [3.8, 4) is 0 Å². The van der Waals surface area contributed by atoms with E-state index >= 15 is 0 Å². The Balaban J connectivity index is 1.82. The summed E-state index contributed by atoms with van der Waals surface area (Å²) in [6.07, 6.45) is 3.09. The van der Waals surface area contributed by atoms with Gasteiger partial charge in [0.25, 0.3) is 0 Å². The highest BCUT2D eigenvalue weighted by Gasteiger charge is 2.18. The molecule has 3 rings (SSSR count). The van der Waals surface area contributed by atoms with Gasteiger partial charge in [-0.3, -0.25) is 0 Å². The van der Waals surface area contributed by atoms with E-state index in [1.807, 2.05) is 4.57 Å². The van der Waals surface area contributed by atoms with Crippen molar-refractivity contribution >= 4 is 11.8 Å². The predicted octanol–water partition coefficient (Wildman–Crippen LogP) is 0.391. The number of hydrogen-bond donors (Lipinski definition) is 1. The minimum Gasteiger partial charge on any atom is -0.478 e. The SMILES string of the molecule is O=C(O)c1ccc(N2CCn3cnnc3C2)nc1. The Kier molecular flexibility index (Phi) is 2.44. The molecule has 0 radical (unpaired) electrons. The van der Waals surface area contributed by atoms with Crippen LogP contribution >= 0.6 is 0 Å². The summed E-state index contributed by atoms with van der Waals surface area (Å²) < 4.78 is 2.00. The number of pyridine rings is 1. The molecule has 0 aromatic carbocycles. The zero-order valence-corrected chi connectivity index (χ0v) is 9.52. The van der Waals surface area contributed by atoms with Crippen molar-refractivity contribution in [2.24, 2.45) is 0 Å². The lowest BCUT2D eigenvalue weighted by Crippen LogP contribution is -2.34. The van der Waals surface area contributed by atoms with Gasteiger partial charge in [0.15, 0.2) is 5.82 Å². The number of carbonyl (C=O) groups is 1. The summed E-state index contributed by atoms with van der Waals surface area (Å²) in [5, 5.41) is 16.7. The predicted molar refractivity (Wildman–Crippen MR) is 62.3 cm³/mol. The number of aromatic carboxylic acids is 1. The number of rotatable bonds is 2. The maximum Gasteiger partial charge on any atom is 0.337 e. The van der Waals surface area contributed by atoms with Gasteiger partial charge >= 0.3 is 5.97 Å². The van der Waals surface area contributed by atoms with Crippen molar-refractivity contribution in [2.45, 2.75) is 13.1 Å². The van der Waals surface area contributed by atoms with Gasteiger partial charge in [0.1, 0.15) is 12.1 Å². The summed E-state index contributed by atoms with van der Waals surface area (Å²) >= 11 is 0. The van der Waals surface area contributed by atoms with E-state index in [4.69, 9.17) is 5.11 Å². The Morgan fingerprint density at radius 3 is 2.94 bits per heavy atom. The van der Waals surface area contributed by atoms with Crippen LogP contribution in [0.3, 0.4) is 0 Å². The van der Waals surface area contributed by atoms with E-state index in [0.717, 1.165) is 24.7 Å². The lowest BCUT2D eigenvalue weighted by Gasteiger charge is -2.27. The zero-order chi connectivity index (χ0) is 12.5. The molecule has 1 aliphatic heterocycles. The first-order chi connectivity index (χ1) is 8.74. The molecular formula is C11H11N5O2. The van der Waals surface area contributed by atoms with E-state index in [1.165, 1.54) is 6.20 Å². The van der Waals surface area contributed by atoms with Crippen LogP contribution in [0.1, 0.15) is 16.2 Å². The van der Waals surface area contributed by atoms with Crippen LogP contribution in [0.15, 0.2) is 24.7 Å².